The molecule has 6 nitrogen and oxygen atoms in total. The standard InChI is InChI=1S/C8H13N3O3/c1-5-3-14-8(10-5)11-7(12)6(9)4-13-2/h3,6H,4,9H2,1-2H3,(H,10,11,12). The van der Waals surface area contributed by atoms with E-state index in [2.05, 4.69) is 10.3 Å². The van der Waals surface area contributed by atoms with Gasteiger partial charge in [0, 0.05) is 7.11 Å². The zero-order chi connectivity index (χ0) is 10.6. The number of nitrogens with zero attached hydrogens (tertiary/aromatic N) is 1. The van der Waals surface area contributed by atoms with E-state index in [0.717, 1.165) is 0 Å². The second kappa shape index (κ2) is 4.73. The third-order valence-electron chi connectivity index (χ3n) is 1.53. The van der Waals surface area contributed by atoms with Crippen LogP contribution in [0.3, 0.4) is 0 Å². The number of aryl methyl sites for hydroxylation is 1. The molecular weight excluding hydrogens is 186 g/mol. The smallest absolute Gasteiger partial charge is 0.301 e. The van der Waals surface area contributed by atoms with E-state index >= 15 is 0 Å². The lowest BCUT2D eigenvalue weighted by Crippen LogP contribution is -2.39. The van der Waals surface area contributed by atoms with Crippen molar-refractivity contribution in [3.05, 3.63) is 12.0 Å². The average molecular weight is 199 g/mol. The van der Waals surface area contributed by atoms with Crippen LogP contribution in [-0.2, 0) is 9.53 Å². The van der Waals surface area contributed by atoms with E-state index in [1.165, 1.54) is 13.4 Å². The van der Waals surface area contributed by atoms with Crippen LogP contribution in [-0.4, -0.2) is 30.6 Å². The number of oxazole rings is 1. The topological polar surface area (TPSA) is 90.4 Å². The maximum atomic E-state index is 11.3. The first kappa shape index (κ1) is 10.7. The molecule has 0 radical (unpaired) electrons. The Hall–Kier alpha value is -1.40. The van der Waals surface area contributed by atoms with Crippen LogP contribution in [0, 0.1) is 6.92 Å². The zero-order valence-corrected chi connectivity index (χ0v) is 8.11. The summed E-state index contributed by atoms with van der Waals surface area (Å²) in [6, 6.07) is -0.564. The Bertz CT molecular complexity index is 311. The van der Waals surface area contributed by atoms with E-state index in [-0.39, 0.29) is 18.5 Å². The van der Waals surface area contributed by atoms with Crippen molar-refractivity contribution in [3.8, 4) is 0 Å². The van der Waals surface area contributed by atoms with Crippen molar-refractivity contribution >= 4 is 11.9 Å². The fraction of sp³-hybridized carbons (Fsp3) is 0.500. The van der Waals surface area contributed by atoms with Crippen LogP contribution >= 0.6 is 0 Å². The van der Waals surface area contributed by atoms with Gasteiger partial charge in [0.1, 0.15) is 12.3 Å². The molecule has 0 fully saturated rings. The molecule has 14 heavy (non-hydrogen) atoms. The van der Waals surface area contributed by atoms with Crippen LogP contribution in [0.5, 0.6) is 0 Å². The Kier molecular flexibility index (Phi) is 3.61. The number of anilines is 1. The van der Waals surface area contributed by atoms with Gasteiger partial charge in [0.25, 0.3) is 0 Å². The van der Waals surface area contributed by atoms with Gasteiger partial charge in [0.2, 0.25) is 5.91 Å². The summed E-state index contributed by atoms with van der Waals surface area (Å²) >= 11 is 0. The predicted octanol–water partition coefficient (Wildman–Crippen LogP) is -0.105. The second-order valence-corrected chi connectivity index (χ2v) is 2.85. The number of amides is 1. The van der Waals surface area contributed by atoms with E-state index < -0.39 is 6.04 Å². The van der Waals surface area contributed by atoms with E-state index in [4.69, 9.17) is 14.9 Å². The van der Waals surface area contributed by atoms with Crippen molar-refractivity contribution in [2.75, 3.05) is 19.0 Å². The molecule has 0 aliphatic heterocycles. The Morgan fingerprint density at radius 3 is 3.07 bits per heavy atom. The molecule has 1 rings (SSSR count). The largest absolute Gasteiger partial charge is 0.432 e. The van der Waals surface area contributed by atoms with Gasteiger partial charge in [-0.05, 0) is 6.92 Å². The lowest BCUT2D eigenvalue weighted by molar-refractivity contribution is -0.118. The predicted molar refractivity (Wildman–Crippen MR) is 49.7 cm³/mol. The van der Waals surface area contributed by atoms with Gasteiger partial charge in [-0.2, -0.15) is 4.98 Å². The third-order valence-corrected chi connectivity index (χ3v) is 1.53. The van der Waals surface area contributed by atoms with Crippen molar-refractivity contribution in [1.29, 1.82) is 0 Å². The number of nitrogens with one attached hydrogen (secondary N) is 1. The Balaban J connectivity index is 2.48. The third kappa shape index (κ3) is 2.82. The average Bonchev–Trinajstić information content (AvgIpc) is 2.51. The number of ether oxygens (including phenoxy) is 1. The molecule has 1 amide bonds. The molecule has 0 aromatic carbocycles. The number of carbonyl (C=O) groups is 1. The lowest BCUT2D eigenvalue weighted by Gasteiger charge is -2.08. The Labute approximate surface area is 81.4 Å². The highest BCUT2D eigenvalue weighted by Gasteiger charge is 2.14. The lowest BCUT2D eigenvalue weighted by atomic mass is 10.3. The number of rotatable bonds is 4. The first-order chi connectivity index (χ1) is 6.63. The molecule has 78 valence electrons. The molecule has 6 heteroatoms. The number of nitrogens with two attached hydrogens (primary N) is 1. The summed E-state index contributed by atoms with van der Waals surface area (Å²) in [6.45, 7) is 1.92. The number of hydrogen-bond acceptors (Lipinski definition) is 5. The van der Waals surface area contributed by atoms with Crippen LogP contribution in [0.25, 0.3) is 0 Å². The minimum absolute atomic E-state index is 0.152. The first-order valence-electron chi connectivity index (χ1n) is 4.11. The molecule has 1 aromatic rings. The molecular formula is C8H13N3O3. The summed E-state index contributed by atoms with van der Waals surface area (Å²) in [6.07, 6.45) is 1.44. The zero-order valence-electron chi connectivity index (χ0n) is 8.11. The van der Waals surface area contributed by atoms with Crippen molar-refractivity contribution in [3.63, 3.8) is 0 Å². The second-order valence-electron chi connectivity index (χ2n) is 2.85. The monoisotopic (exact) mass is 199 g/mol. The van der Waals surface area contributed by atoms with Crippen LogP contribution in [0.4, 0.5) is 6.01 Å². The van der Waals surface area contributed by atoms with Crippen molar-refractivity contribution in [2.24, 2.45) is 5.73 Å². The van der Waals surface area contributed by atoms with Gasteiger partial charge in [-0.25, -0.2) is 0 Å². The van der Waals surface area contributed by atoms with Gasteiger partial charge < -0.3 is 14.9 Å². The highest BCUT2D eigenvalue weighted by molar-refractivity contribution is 5.92. The van der Waals surface area contributed by atoms with Gasteiger partial charge in [-0.3, -0.25) is 10.1 Å². The summed E-state index contributed by atoms with van der Waals surface area (Å²) in [5, 5.41) is 2.43. The summed E-state index contributed by atoms with van der Waals surface area (Å²) in [4.78, 5) is 15.2. The summed E-state index contributed by atoms with van der Waals surface area (Å²) in [7, 11) is 1.47. The van der Waals surface area contributed by atoms with Crippen LogP contribution in [0.15, 0.2) is 10.7 Å². The summed E-state index contributed by atoms with van der Waals surface area (Å²) < 4.78 is 9.65. The first-order valence-corrected chi connectivity index (χ1v) is 4.11. The highest BCUT2D eigenvalue weighted by atomic mass is 16.5. The van der Waals surface area contributed by atoms with E-state index in [1.54, 1.807) is 6.92 Å². The van der Waals surface area contributed by atoms with Crippen LogP contribution < -0.4 is 11.1 Å². The summed E-state index contributed by atoms with van der Waals surface area (Å²) in [5.41, 5.74) is 6.17. The molecule has 0 saturated heterocycles. The fourth-order valence-electron chi connectivity index (χ4n) is 0.865. The minimum Gasteiger partial charge on any atom is -0.432 e. The van der Waals surface area contributed by atoms with Gasteiger partial charge in [-0.1, -0.05) is 0 Å². The van der Waals surface area contributed by atoms with Gasteiger partial charge in [0.15, 0.2) is 0 Å². The maximum Gasteiger partial charge on any atom is 0.301 e. The van der Waals surface area contributed by atoms with Crippen molar-refractivity contribution in [2.45, 2.75) is 13.0 Å². The highest BCUT2D eigenvalue weighted by Crippen LogP contribution is 2.05. The maximum absolute atomic E-state index is 11.3. The molecule has 0 saturated carbocycles. The fourth-order valence-corrected chi connectivity index (χ4v) is 0.865. The van der Waals surface area contributed by atoms with Crippen molar-refractivity contribution < 1.29 is 13.9 Å². The number of aromatic nitrogens is 1. The minimum atomic E-state index is -0.716. The Morgan fingerprint density at radius 2 is 2.57 bits per heavy atom. The van der Waals surface area contributed by atoms with E-state index in [0.29, 0.717) is 5.69 Å². The molecule has 1 atom stereocenters. The van der Waals surface area contributed by atoms with Crippen LogP contribution in [0.1, 0.15) is 5.69 Å². The molecule has 0 aliphatic carbocycles. The SMILES string of the molecule is COCC(N)C(=O)Nc1nc(C)co1. The molecule has 0 bridgehead atoms. The molecule has 3 N–H and O–H groups in total. The van der Waals surface area contributed by atoms with Crippen molar-refractivity contribution in [1.82, 2.24) is 4.98 Å². The molecule has 1 aromatic heterocycles. The molecule has 0 spiro atoms. The van der Waals surface area contributed by atoms with Crippen LogP contribution in [0.2, 0.25) is 0 Å². The summed E-state index contributed by atoms with van der Waals surface area (Å²) in [5.74, 6) is -0.381. The number of methoxy groups -OCH3 is 1. The number of hydrogen-bond donors (Lipinski definition) is 2. The molecule has 1 heterocycles. The van der Waals surface area contributed by atoms with E-state index in [1.807, 2.05) is 0 Å². The van der Waals surface area contributed by atoms with Gasteiger partial charge >= 0.3 is 6.01 Å². The normalized spacial score (nSPS) is 12.5. The number of carbonyl (C=O) groups excluding carboxylic acids is 1. The quantitative estimate of drug-likeness (QED) is 0.706. The molecule has 0 aliphatic rings. The van der Waals surface area contributed by atoms with Gasteiger partial charge in [-0.15, -0.1) is 0 Å². The molecule has 1 unspecified atom stereocenters. The van der Waals surface area contributed by atoms with E-state index in [9.17, 15) is 4.79 Å². The van der Waals surface area contributed by atoms with Gasteiger partial charge in [0.05, 0.1) is 12.3 Å². The Morgan fingerprint density at radius 1 is 1.86 bits per heavy atom.